The van der Waals surface area contributed by atoms with Crippen molar-refractivity contribution in [1.82, 2.24) is 0 Å². The van der Waals surface area contributed by atoms with Crippen LogP contribution in [-0.4, -0.2) is 23.0 Å². The fourth-order valence-electron chi connectivity index (χ4n) is 2.08. The van der Waals surface area contributed by atoms with E-state index in [0.717, 1.165) is 16.5 Å². The van der Waals surface area contributed by atoms with Gasteiger partial charge in [-0.2, -0.15) is 0 Å². The van der Waals surface area contributed by atoms with Crippen molar-refractivity contribution in [3.63, 3.8) is 0 Å². The molecule has 0 radical (unpaired) electrons. The topological polar surface area (TPSA) is 92.4 Å². The molecule has 0 aliphatic carbocycles. The predicted octanol–water partition coefficient (Wildman–Crippen LogP) is 1.97. The lowest BCUT2D eigenvalue weighted by Crippen LogP contribution is -2.30. The molecule has 2 rings (SSSR count). The summed E-state index contributed by atoms with van der Waals surface area (Å²) in [5.74, 6) is -1.50. The Morgan fingerprint density at radius 3 is 2.55 bits per heavy atom. The molecular weight excluding hydrogens is 256 g/mol. The molecule has 0 saturated carbocycles. The maximum Gasteiger partial charge on any atom is 0.326 e. The van der Waals surface area contributed by atoms with Crippen LogP contribution in [0.15, 0.2) is 42.5 Å². The summed E-state index contributed by atoms with van der Waals surface area (Å²) in [7, 11) is 0. The van der Waals surface area contributed by atoms with Crippen molar-refractivity contribution in [3.05, 3.63) is 42.5 Å². The van der Waals surface area contributed by atoms with Crippen molar-refractivity contribution >= 4 is 28.3 Å². The van der Waals surface area contributed by atoms with Gasteiger partial charge in [-0.25, -0.2) is 4.79 Å². The number of hydrogen-bond donors (Lipinski definition) is 3. The minimum Gasteiger partial charge on any atom is -0.480 e. The number of primary amides is 1. The molecule has 104 valence electrons. The number of anilines is 1. The zero-order valence-corrected chi connectivity index (χ0v) is 10.9. The Kier molecular flexibility index (Phi) is 4.20. The smallest absolute Gasteiger partial charge is 0.326 e. The first kappa shape index (κ1) is 13.9. The molecule has 0 aliphatic rings. The van der Waals surface area contributed by atoms with Crippen LogP contribution in [-0.2, 0) is 9.59 Å². The Morgan fingerprint density at radius 1 is 1.15 bits per heavy atom. The van der Waals surface area contributed by atoms with Crippen LogP contribution >= 0.6 is 0 Å². The minimum atomic E-state index is -1.00. The highest BCUT2D eigenvalue weighted by atomic mass is 16.4. The highest BCUT2D eigenvalue weighted by Gasteiger charge is 2.18. The molecule has 0 heterocycles. The first-order valence-corrected chi connectivity index (χ1v) is 6.33. The van der Waals surface area contributed by atoms with Gasteiger partial charge in [0.05, 0.1) is 0 Å². The minimum absolute atomic E-state index is 0.0364. The summed E-state index contributed by atoms with van der Waals surface area (Å²) in [5, 5.41) is 14.1. The second-order valence-corrected chi connectivity index (χ2v) is 4.57. The number of carboxylic acid groups (broad SMARTS) is 1. The van der Waals surface area contributed by atoms with E-state index in [4.69, 9.17) is 5.73 Å². The van der Waals surface area contributed by atoms with Crippen LogP contribution in [0.3, 0.4) is 0 Å². The molecule has 1 atom stereocenters. The van der Waals surface area contributed by atoms with Crippen molar-refractivity contribution in [1.29, 1.82) is 0 Å². The molecular formula is C15H16N2O3. The SMILES string of the molecule is NC(=O)CCC(Nc1cccc2ccccc12)C(=O)O. The number of aliphatic carboxylic acids is 1. The van der Waals surface area contributed by atoms with E-state index < -0.39 is 17.9 Å². The number of hydrogen-bond acceptors (Lipinski definition) is 3. The quantitative estimate of drug-likeness (QED) is 0.749. The normalized spacial score (nSPS) is 12.0. The predicted molar refractivity (Wildman–Crippen MR) is 77.4 cm³/mol. The Balaban J connectivity index is 2.24. The molecule has 20 heavy (non-hydrogen) atoms. The molecule has 0 fully saturated rings. The zero-order chi connectivity index (χ0) is 14.5. The Bertz CT molecular complexity index is 635. The Hall–Kier alpha value is -2.56. The summed E-state index contributed by atoms with van der Waals surface area (Å²) in [5.41, 5.74) is 5.80. The van der Waals surface area contributed by atoms with E-state index in [-0.39, 0.29) is 12.8 Å². The van der Waals surface area contributed by atoms with E-state index in [1.54, 1.807) is 0 Å². The van der Waals surface area contributed by atoms with E-state index in [1.807, 2.05) is 42.5 Å². The van der Waals surface area contributed by atoms with Gasteiger partial charge in [0.2, 0.25) is 5.91 Å². The van der Waals surface area contributed by atoms with Gasteiger partial charge in [0.15, 0.2) is 0 Å². The molecule has 2 aromatic carbocycles. The van der Waals surface area contributed by atoms with Crippen molar-refractivity contribution < 1.29 is 14.7 Å². The van der Waals surface area contributed by atoms with Crippen molar-refractivity contribution in [3.8, 4) is 0 Å². The van der Waals surface area contributed by atoms with E-state index in [9.17, 15) is 14.7 Å². The molecule has 0 aromatic heterocycles. The monoisotopic (exact) mass is 272 g/mol. The number of nitrogens with two attached hydrogens (primary N) is 1. The zero-order valence-electron chi connectivity index (χ0n) is 10.9. The number of benzene rings is 2. The summed E-state index contributed by atoms with van der Waals surface area (Å²) < 4.78 is 0. The summed E-state index contributed by atoms with van der Waals surface area (Å²) in [4.78, 5) is 22.0. The van der Waals surface area contributed by atoms with Gasteiger partial charge in [0, 0.05) is 17.5 Å². The van der Waals surface area contributed by atoms with Crippen LogP contribution in [0.25, 0.3) is 10.8 Å². The number of nitrogens with one attached hydrogen (secondary N) is 1. The van der Waals surface area contributed by atoms with Crippen molar-refractivity contribution in [2.75, 3.05) is 5.32 Å². The lowest BCUT2D eigenvalue weighted by molar-refractivity contribution is -0.138. The molecule has 1 unspecified atom stereocenters. The Labute approximate surface area is 116 Å². The first-order chi connectivity index (χ1) is 9.58. The van der Waals surface area contributed by atoms with Crippen LogP contribution in [0.1, 0.15) is 12.8 Å². The van der Waals surface area contributed by atoms with Gasteiger partial charge in [-0.05, 0) is 17.9 Å². The molecule has 2 aromatic rings. The third-order valence-corrected chi connectivity index (χ3v) is 3.10. The average Bonchev–Trinajstić information content (AvgIpc) is 2.43. The summed E-state index contributed by atoms with van der Waals surface area (Å²) in [6.07, 6.45) is 0.197. The summed E-state index contributed by atoms with van der Waals surface area (Å²) in [6.45, 7) is 0. The van der Waals surface area contributed by atoms with E-state index in [0.29, 0.717) is 0 Å². The first-order valence-electron chi connectivity index (χ1n) is 6.33. The van der Waals surface area contributed by atoms with Gasteiger partial charge in [0.1, 0.15) is 6.04 Å². The molecule has 1 amide bonds. The number of rotatable bonds is 6. The van der Waals surface area contributed by atoms with Gasteiger partial charge >= 0.3 is 5.97 Å². The molecule has 5 nitrogen and oxygen atoms in total. The third kappa shape index (κ3) is 3.26. The highest BCUT2D eigenvalue weighted by molar-refractivity contribution is 5.95. The average molecular weight is 272 g/mol. The van der Waals surface area contributed by atoms with Crippen LogP contribution in [0.4, 0.5) is 5.69 Å². The van der Waals surface area contributed by atoms with Crippen LogP contribution < -0.4 is 11.1 Å². The van der Waals surface area contributed by atoms with Crippen LogP contribution in [0.2, 0.25) is 0 Å². The maximum absolute atomic E-state index is 11.2. The third-order valence-electron chi connectivity index (χ3n) is 3.10. The molecule has 0 spiro atoms. The summed E-state index contributed by atoms with van der Waals surface area (Å²) >= 11 is 0. The largest absolute Gasteiger partial charge is 0.480 e. The fraction of sp³-hybridized carbons (Fsp3) is 0.200. The second kappa shape index (κ2) is 6.06. The molecule has 0 bridgehead atoms. The standard InChI is InChI=1S/C15H16N2O3/c16-14(18)9-8-13(15(19)20)17-12-7-3-5-10-4-1-2-6-11(10)12/h1-7,13,17H,8-9H2,(H2,16,18)(H,19,20). The van der Waals surface area contributed by atoms with E-state index in [2.05, 4.69) is 5.32 Å². The fourth-order valence-corrected chi connectivity index (χ4v) is 2.08. The van der Waals surface area contributed by atoms with Gasteiger partial charge in [-0.15, -0.1) is 0 Å². The van der Waals surface area contributed by atoms with Crippen molar-refractivity contribution in [2.45, 2.75) is 18.9 Å². The van der Waals surface area contributed by atoms with Crippen molar-refractivity contribution in [2.24, 2.45) is 5.73 Å². The number of carbonyl (C=O) groups excluding carboxylic acids is 1. The van der Waals surface area contributed by atoms with E-state index in [1.165, 1.54) is 0 Å². The van der Waals surface area contributed by atoms with Gasteiger partial charge in [-0.1, -0.05) is 36.4 Å². The van der Waals surface area contributed by atoms with Gasteiger partial charge in [0.25, 0.3) is 0 Å². The molecule has 0 saturated heterocycles. The molecule has 0 aliphatic heterocycles. The van der Waals surface area contributed by atoms with Gasteiger partial charge < -0.3 is 16.2 Å². The number of carboxylic acids is 1. The highest BCUT2D eigenvalue weighted by Crippen LogP contribution is 2.24. The number of amides is 1. The number of fused-ring (bicyclic) bond motifs is 1. The van der Waals surface area contributed by atoms with E-state index >= 15 is 0 Å². The number of carbonyl (C=O) groups is 2. The van der Waals surface area contributed by atoms with Crippen LogP contribution in [0.5, 0.6) is 0 Å². The van der Waals surface area contributed by atoms with Gasteiger partial charge in [-0.3, -0.25) is 4.79 Å². The molecule has 4 N–H and O–H groups in total. The maximum atomic E-state index is 11.2. The van der Waals surface area contributed by atoms with Crippen LogP contribution in [0, 0.1) is 0 Å². The Morgan fingerprint density at radius 2 is 1.85 bits per heavy atom. The lowest BCUT2D eigenvalue weighted by atomic mass is 10.1. The molecule has 5 heteroatoms. The summed E-state index contributed by atoms with van der Waals surface area (Å²) in [6, 6.07) is 12.5. The second-order valence-electron chi connectivity index (χ2n) is 4.57. The lowest BCUT2D eigenvalue weighted by Gasteiger charge is -2.16.